The number of hydrogen-bond acceptors (Lipinski definition) is 6. The quantitative estimate of drug-likeness (QED) is 0.722. The average Bonchev–Trinajstić information content (AvgIpc) is 3.32. The molecule has 0 spiro atoms. The van der Waals surface area contributed by atoms with E-state index < -0.39 is 0 Å². The topological polar surface area (TPSA) is 81.4 Å². The third kappa shape index (κ3) is 5.11. The summed E-state index contributed by atoms with van der Waals surface area (Å²) in [7, 11) is 0. The molecule has 2 aromatic heterocycles. The summed E-state index contributed by atoms with van der Waals surface area (Å²) in [6, 6.07) is 3.87. The van der Waals surface area contributed by atoms with Crippen LogP contribution < -0.4 is 0 Å². The smallest absolute Gasteiger partial charge is 0.227 e. The largest absolute Gasteiger partial charge is 0.376 e. The van der Waals surface area contributed by atoms with Gasteiger partial charge in [-0.3, -0.25) is 9.78 Å². The van der Waals surface area contributed by atoms with E-state index in [1.807, 2.05) is 30.9 Å². The lowest BCUT2D eigenvalue weighted by Crippen LogP contribution is -2.37. The van der Waals surface area contributed by atoms with E-state index in [4.69, 9.17) is 9.26 Å². The molecule has 0 aromatic carbocycles. The van der Waals surface area contributed by atoms with Crippen LogP contribution in [-0.4, -0.2) is 45.2 Å². The summed E-state index contributed by atoms with van der Waals surface area (Å²) in [6.07, 6.45) is 6.49. The number of carbonyl (C=O) groups is 1. The van der Waals surface area contributed by atoms with Crippen molar-refractivity contribution in [2.75, 3.05) is 13.2 Å². The van der Waals surface area contributed by atoms with Gasteiger partial charge < -0.3 is 14.2 Å². The van der Waals surface area contributed by atoms with Gasteiger partial charge in [-0.15, -0.1) is 0 Å². The van der Waals surface area contributed by atoms with E-state index in [-0.39, 0.29) is 17.9 Å². The van der Waals surface area contributed by atoms with Crippen molar-refractivity contribution in [3.63, 3.8) is 0 Å². The Kier molecular flexibility index (Phi) is 6.33. The van der Waals surface area contributed by atoms with Crippen molar-refractivity contribution in [1.82, 2.24) is 20.0 Å². The fourth-order valence-corrected chi connectivity index (χ4v) is 2.98. The second kappa shape index (κ2) is 8.89. The fraction of sp³-hybridized carbons (Fsp3) is 0.579. The van der Waals surface area contributed by atoms with Crippen LogP contribution in [0.3, 0.4) is 0 Å². The molecule has 0 N–H and O–H groups in total. The Hall–Kier alpha value is -2.28. The number of aromatic nitrogens is 3. The maximum Gasteiger partial charge on any atom is 0.227 e. The van der Waals surface area contributed by atoms with Gasteiger partial charge in [-0.1, -0.05) is 25.1 Å². The van der Waals surface area contributed by atoms with E-state index in [0.29, 0.717) is 37.6 Å². The molecular weight excluding hydrogens is 332 g/mol. The first-order chi connectivity index (χ1) is 12.6. The van der Waals surface area contributed by atoms with Crippen molar-refractivity contribution < 1.29 is 14.1 Å². The summed E-state index contributed by atoms with van der Waals surface area (Å²) < 4.78 is 11.0. The van der Waals surface area contributed by atoms with E-state index in [1.54, 1.807) is 12.4 Å². The summed E-state index contributed by atoms with van der Waals surface area (Å²) in [5.74, 6) is 1.47. The van der Waals surface area contributed by atoms with Crippen LogP contribution in [0.25, 0.3) is 0 Å². The van der Waals surface area contributed by atoms with Crippen LogP contribution in [0.15, 0.2) is 29.0 Å². The Morgan fingerprint density at radius 2 is 2.31 bits per heavy atom. The SMILES string of the molecule is CC(C)c1noc(CCC(=O)N(Cc2cccnc2)CC2CCCO2)n1. The standard InChI is InChI=1S/C19H26N4O3/c1-14(2)19-21-17(26-22-19)7-8-18(24)23(13-16-6-4-10-25-16)12-15-5-3-9-20-11-15/h3,5,9,11,14,16H,4,6-8,10,12-13H2,1-2H3. The minimum Gasteiger partial charge on any atom is -0.376 e. The van der Waals surface area contributed by atoms with Crippen molar-refractivity contribution in [1.29, 1.82) is 0 Å². The van der Waals surface area contributed by atoms with Gasteiger partial charge in [-0.2, -0.15) is 4.98 Å². The number of carbonyl (C=O) groups excluding carboxylic acids is 1. The van der Waals surface area contributed by atoms with Gasteiger partial charge in [0.2, 0.25) is 11.8 Å². The van der Waals surface area contributed by atoms with Crippen molar-refractivity contribution >= 4 is 5.91 Å². The van der Waals surface area contributed by atoms with Gasteiger partial charge in [-0.05, 0) is 24.5 Å². The summed E-state index contributed by atoms with van der Waals surface area (Å²) in [5, 5.41) is 3.95. The molecule has 7 nitrogen and oxygen atoms in total. The molecule has 0 aliphatic carbocycles. The minimum atomic E-state index is 0.0636. The van der Waals surface area contributed by atoms with Crippen LogP contribution in [0.4, 0.5) is 0 Å². The molecule has 1 aliphatic rings. The Bertz CT molecular complexity index is 696. The van der Waals surface area contributed by atoms with Crippen molar-refractivity contribution in [2.45, 2.75) is 58.1 Å². The molecule has 1 atom stereocenters. The second-order valence-electron chi connectivity index (χ2n) is 6.97. The number of nitrogens with zero attached hydrogens (tertiary/aromatic N) is 4. The van der Waals surface area contributed by atoms with E-state index in [1.165, 1.54) is 0 Å². The van der Waals surface area contributed by atoms with Crippen molar-refractivity contribution in [3.05, 3.63) is 41.8 Å². The molecule has 140 valence electrons. The summed E-state index contributed by atoms with van der Waals surface area (Å²) in [4.78, 5) is 23.1. The molecule has 1 fully saturated rings. The highest BCUT2D eigenvalue weighted by atomic mass is 16.5. The van der Waals surface area contributed by atoms with E-state index in [0.717, 1.165) is 25.0 Å². The highest BCUT2D eigenvalue weighted by molar-refractivity contribution is 5.76. The van der Waals surface area contributed by atoms with Gasteiger partial charge in [0.25, 0.3) is 0 Å². The predicted octanol–water partition coefficient (Wildman–Crippen LogP) is 2.73. The summed E-state index contributed by atoms with van der Waals surface area (Å²) in [5.41, 5.74) is 1.01. The van der Waals surface area contributed by atoms with E-state index in [9.17, 15) is 4.79 Å². The van der Waals surface area contributed by atoms with Crippen molar-refractivity contribution in [3.8, 4) is 0 Å². The second-order valence-corrected chi connectivity index (χ2v) is 6.97. The van der Waals surface area contributed by atoms with Crippen LogP contribution >= 0.6 is 0 Å². The Labute approximate surface area is 153 Å². The molecule has 3 rings (SSSR count). The van der Waals surface area contributed by atoms with Crippen LogP contribution in [0.2, 0.25) is 0 Å². The molecule has 0 radical (unpaired) electrons. The van der Waals surface area contributed by atoms with Gasteiger partial charge in [0.05, 0.1) is 6.10 Å². The highest BCUT2D eigenvalue weighted by Gasteiger charge is 2.23. The predicted molar refractivity (Wildman–Crippen MR) is 95.3 cm³/mol. The molecule has 3 heterocycles. The number of hydrogen-bond donors (Lipinski definition) is 0. The number of rotatable bonds is 8. The zero-order valence-corrected chi connectivity index (χ0v) is 15.4. The molecular formula is C19H26N4O3. The van der Waals surface area contributed by atoms with Gasteiger partial charge in [0.1, 0.15) is 0 Å². The highest BCUT2D eigenvalue weighted by Crippen LogP contribution is 2.17. The lowest BCUT2D eigenvalue weighted by atomic mass is 10.2. The van der Waals surface area contributed by atoms with Gasteiger partial charge >= 0.3 is 0 Å². The molecule has 1 unspecified atom stereocenters. The number of ether oxygens (including phenoxy) is 1. The van der Waals surface area contributed by atoms with Crippen LogP contribution in [0, 0.1) is 0 Å². The molecule has 1 aliphatic heterocycles. The number of aryl methyl sites for hydroxylation is 1. The monoisotopic (exact) mass is 358 g/mol. The summed E-state index contributed by atoms with van der Waals surface area (Å²) >= 11 is 0. The zero-order valence-electron chi connectivity index (χ0n) is 15.4. The molecule has 0 saturated carbocycles. The van der Waals surface area contributed by atoms with E-state index >= 15 is 0 Å². The van der Waals surface area contributed by atoms with Crippen molar-refractivity contribution in [2.24, 2.45) is 0 Å². The third-order valence-corrected chi connectivity index (χ3v) is 4.45. The fourth-order valence-electron chi connectivity index (χ4n) is 2.98. The van der Waals surface area contributed by atoms with E-state index in [2.05, 4.69) is 15.1 Å². The first kappa shape index (κ1) is 18.5. The van der Waals surface area contributed by atoms with Gasteiger partial charge in [0.15, 0.2) is 5.82 Å². The zero-order chi connectivity index (χ0) is 18.4. The first-order valence-electron chi connectivity index (χ1n) is 9.22. The lowest BCUT2D eigenvalue weighted by Gasteiger charge is -2.25. The molecule has 7 heteroatoms. The van der Waals surface area contributed by atoms with Crippen LogP contribution in [0.1, 0.15) is 56.3 Å². The van der Waals surface area contributed by atoms with Gasteiger partial charge in [0, 0.05) is 50.8 Å². The van der Waals surface area contributed by atoms with Gasteiger partial charge in [-0.25, -0.2) is 0 Å². The average molecular weight is 358 g/mol. The maximum absolute atomic E-state index is 12.8. The maximum atomic E-state index is 12.8. The molecule has 1 saturated heterocycles. The summed E-state index contributed by atoms with van der Waals surface area (Å²) in [6.45, 7) is 5.94. The Morgan fingerprint density at radius 3 is 2.96 bits per heavy atom. The number of pyridine rings is 1. The normalized spacial score (nSPS) is 17.0. The Morgan fingerprint density at radius 1 is 1.42 bits per heavy atom. The third-order valence-electron chi connectivity index (χ3n) is 4.45. The molecule has 2 aromatic rings. The first-order valence-corrected chi connectivity index (χ1v) is 9.22. The molecule has 26 heavy (non-hydrogen) atoms. The lowest BCUT2D eigenvalue weighted by molar-refractivity contribution is -0.133. The van der Waals surface area contributed by atoms with Crippen LogP contribution in [-0.2, 0) is 22.5 Å². The number of amides is 1. The minimum absolute atomic E-state index is 0.0636. The van der Waals surface area contributed by atoms with Crippen LogP contribution in [0.5, 0.6) is 0 Å². The molecule has 0 bridgehead atoms. The Balaban J connectivity index is 1.61. The molecule has 1 amide bonds.